The van der Waals surface area contributed by atoms with E-state index in [1.807, 2.05) is 23.8 Å². The molecule has 0 atom stereocenters. The lowest BCUT2D eigenvalue weighted by molar-refractivity contribution is 0.0951. The summed E-state index contributed by atoms with van der Waals surface area (Å²) in [7, 11) is 0. The maximum atomic E-state index is 11.7. The van der Waals surface area contributed by atoms with Gasteiger partial charge in [0, 0.05) is 43.9 Å². The lowest BCUT2D eigenvalue weighted by atomic mass is 10.3. The number of rotatable bonds is 7. The van der Waals surface area contributed by atoms with Crippen LogP contribution >= 0.6 is 0 Å². The first kappa shape index (κ1) is 14.0. The van der Waals surface area contributed by atoms with Crippen LogP contribution in [0.4, 0.5) is 5.69 Å². The highest BCUT2D eigenvalue weighted by Crippen LogP contribution is 2.08. The number of carbonyl (C=O) groups is 1. The summed E-state index contributed by atoms with van der Waals surface area (Å²) in [5.41, 5.74) is 1.35. The van der Waals surface area contributed by atoms with Gasteiger partial charge in [0.15, 0.2) is 0 Å². The van der Waals surface area contributed by atoms with Crippen molar-refractivity contribution in [2.24, 2.45) is 0 Å². The van der Waals surface area contributed by atoms with Crippen LogP contribution in [-0.2, 0) is 6.54 Å². The molecule has 2 N–H and O–H groups in total. The monoisotopic (exact) mass is 273 g/mol. The molecule has 2 rings (SSSR count). The number of nitrogens with one attached hydrogen (secondary N) is 2. The molecule has 2 heterocycles. The van der Waals surface area contributed by atoms with E-state index in [0.29, 0.717) is 12.2 Å². The molecule has 6 nitrogen and oxygen atoms in total. The molecular weight excluding hydrogens is 254 g/mol. The maximum Gasteiger partial charge on any atom is 0.269 e. The molecule has 0 fully saturated rings. The molecule has 2 aromatic heterocycles. The van der Waals surface area contributed by atoms with E-state index >= 15 is 0 Å². The van der Waals surface area contributed by atoms with Gasteiger partial charge in [0.25, 0.3) is 5.91 Å². The number of carbonyl (C=O) groups excluding carboxylic acids is 1. The highest BCUT2D eigenvalue weighted by Gasteiger charge is 2.05. The number of pyridine rings is 1. The number of imidazole rings is 1. The Labute approximate surface area is 118 Å². The van der Waals surface area contributed by atoms with Crippen molar-refractivity contribution in [1.82, 2.24) is 19.9 Å². The summed E-state index contributed by atoms with van der Waals surface area (Å²) in [4.78, 5) is 19.7. The summed E-state index contributed by atoms with van der Waals surface area (Å²) in [6.45, 7) is 4.23. The van der Waals surface area contributed by atoms with E-state index in [1.165, 1.54) is 0 Å². The van der Waals surface area contributed by atoms with Crippen LogP contribution in [0, 0.1) is 0 Å². The topological polar surface area (TPSA) is 71.8 Å². The normalized spacial score (nSPS) is 10.2. The highest BCUT2D eigenvalue weighted by molar-refractivity contribution is 5.93. The van der Waals surface area contributed by atoms with Gasteiger partial charge in [-0.3, -0.25) is 9.78 Å². The first-order chi connectivity index (χ1) is 9.79. The lowest BCUT2D eigenvalue weighted by Gasteiger charge is -2.08. The Hall–Kier alpha value is -2.37. The molecular formula is C14H19N5O. The zero-order valence-corrected chi connectivity index (χ0v) is 11.5. The average molecular weight is 273 g/mol. The van der Waals surface area contributed by atoms with Gasteiger partial charge in [0.05, 0.1) is 6.33 Å². The molecule has 0 aliphatic rings. The molecule has 0 aliphatic heterocycles. The Kier molecular flexibility index (Phi) is 5.11. The molecule has 6 heteroatoms. The third-order valence-corrected chi connectivity index (χ3v) is 2.81. The third-order valence-electron chi connectivity index (χ3n) is 2.81. The van der Waals surface area contributed by atoms with Crippen LogP contribution in [0.2, 0.25) is 0 Å². The first-order valence-corrected chi connectivity index (χ1v) is 6.73. The van der Waals surface area contributed by atoms with Crippen molar-refractivity contribution in [2.45, 2.75) is 19.9 Å². The van der Waals surface area contributed by atoms with Gasteiger partial charge in [0.2, 0.25) is 0 Å². The van der Waals surface area contributed by atoms with E-state index in [1.54, 1.807) is 24.8 Å². The van der Waals surface area contributed by atoms with E-state index in [2.05, 4.69) is 20.6 Å². The lowest BCUT2D eigenvalue weighted by Crippen LogP contribution is -2.23. The molecule has 1 amide bonds. The van der Waals surface area contributed by atoms with Crippen molar-refractivity contribution in [2.75, 3.05) is 18.4 Å². The fourth-order valence-corrected chi connectivity index (χ4v) is 1.83. The predicted molar refractivity (Wildman–Crippen MR) is 77.6 cm³/mol. The van der Waals surface area contributed by atoms with Gasteiger partial charge in [-0.15, -0.1) is 0 Å². The van der Waals surface area contributed by atoms with Gasteiger partial charge in [-0.05, 0) is 25.5 Å². The fraction of sp³-hybridized carbons (Fsp3) is 0.357. The summed E-state index contributed by atoms with van der Waals surface area (Å²) in [5.74, 6) is -0.144. The van der Waals surface area contributed by atoms with E-state index in [0.717, 1.165) is 25.2 Å². The minimum absolute atomic E-state index is 0.144. The van der Waals surface area contributed by atoms with Gasteiger partial charge < -0.3 is 15.2 Å². The molecule has 0 bridgehead atoms. The second kappa shape index (κ2) is 7.28. The molecule has 106 valence electrons. The van der Waals surface area contributed by atoms with E-state index in [-0.39, 0.29) is 5.91 Å². The van der Waals surface area contributed by atoms with Crippen LogP contribution in [0.15, 0.2) is 37.1 Å². The largest absolute Gasteiger partial charge is 0.385 e. The van der Waals surface area contributed by atoms with Crippen LogP contribution in [0.3, 0.4) is 0 Å². The number of amides is 1. The Bertz CT molecular complexity index is 538. The van der Waals surface area contributed by atoms with Crippen molar-refractivity contribution in [3.05, 3.63) is 42.7 Å². The summed E-state index contributed by atoms with van der Waals surface area (Å²) in [6.07, 6.45) is 8.14. The zero-order valence-electron chi connectivity index (χ0n) is 11.5. The highest BCUT2D eigenvalue weighted by atomic mass is 16.1. The minimum atomic E-state index is -0.144. The van der Waals surface area contributed by atoms with Crippen molar-refractivity contribution < 1.29 is 4.79 Å². The smallest absolute Gasteiger partial charge is 0.269 e. The SMILES string of the molecule is CCNC(=O)c1cc(NCCCn2ccnc2)ccn1. The molecule has 0 unspecified atom stereocenters. The van der Waals surface area contributed by atoms with Gasteiger partial charge in [-0.1, -0.05) is 0 Å². The maximum absolute atomic E-state index is 11.7. The molecule has 0 saturated heterocycles. The van der Waals surface area contributed by atoms with E-state index < -0.39 is 0 Å². The van der Waals surface area contributed by atoms with Crippen LogP contribution in [0.5, 0.6) is 0 Å². The number of aromatic nitrogens is 3. The number of hydrogen-bond acceptors (Lipinski definition) is 4. The van der Waals surface area contributed by atoms with Crippen molar-refractivity contribution >= 4 is 11.6 Å². The molecule has 2 aromatic rings. The summed E-state index contributed by atoms with van der Waals surface area (Å²) >= 11 is 0. The van der Waals surface area contributed by atoms with Crippen molar-refractivity contribution in [3.63, 3.8) is 0 Å². The molecule has 0 radical (unpaired) electrons. The minimum Gasteiger partial charge on any atom is -0.385 e. The summed E-state index contributed by atoms with van der Waals surface area (Å²) in [6, 6.07) is 3.63. The first-order valence-electron chi connectivity index (χ1n) is 6.73. The molecule has 0 aliphatic carbocycles. The Morgan fingerprint density at radius 2 is 2.30 bits per heavy atom. The number of hydrogen-bond donors (Lipinski definition) is 2. The Balaban J connectivity index is 1.80. The third kappa shape index (κ3) is 4.08. The molecule has 0 aromatic carbocycles. The van der Waals surface area contributed by atoms with E-state index in [4.69, 9.17) is 0 Å². The van der Waals surface area contributed by atoms with Gasteiger partial charge in [-0.2, -0.15) is 0 Å². The van der Waals surface area contributed by atoms with Crippen LogP contribution in [-0.4, -0.2) is 33.5 Å². The van der Waals surface area contributed by atoms with Crippen molar-refractivity contribution in [1.29, 1.82) is 0 Å². The van der Waals surface area contributed by atoms with Crippen LogP contribution in [0.1, 0.15) is 23.8 Å². The summed E-state index contributed by atoms with van der Waals surface area (Å²) < 4.78 is 2.04. The second-order valence-electron chi connectivity index (χ2n) is 4.37. The molecule has 20 heavy (non-hydrogen) atoms. The predicted octanol–water partition coefficient (Wildman–Crippen LogP) is 1.53. The zero-order chi connectivity index (χ0) is 14.2. The Morgan fingerprint density at radius 1 is 1.40 bits per heavy atom. The summed E-state index contributed by atoms with van der Waals surface area (Å²) in [5, 5.41) is 6.03. The number of nitrogens with zero attached hydrogens (tertiary/aromatic N) is 3. The molecule has 0 saturated carbocycles. The van der Waals surface area contributed by atoms with E-state index in [9.17, 15) is 4.79 Å². The number of aryl methyl sites for hydroxylation is 1. The molecule has 0 spiro atoms. The van der Waals surface area contributed by atoms with Gasteiger partial charge in [-0.25, -0.2) is 4.98 Å². The quantitative estimate of drug-likeness (QED) is 0.750. The average Bonchev–Trinajstić information content (AvgIpc) is 2.97. The second-order valence-corrected chi connectivity index (χ2v) is 4.37. The van der Waals surface area contributed by atoms with Crippen LogP contribution < -0.4 is 10.6 Å². The van der Waals surface area contributed by atoms with Crippen molar-refractivity contribution in [3.8, 4) is 0 Å². The van der Waals surface area contributed by atoms with Gasteiger partial charge >= 0.3 is 0 Å². The van der Waals surface area contributed by atoms with Gasteiger partial charge in [0.1, 0.15) is 5.69 Å². The Morgan fingerprint density at radius 3 is 3.05 bits per heavy atom. The fourth-order valence-electron chi connectivity index (χ4n) is 1.83. The number of anilines is 1. The standard InChI is InChI=1S/C14H19N5O/c1-2-16-14(20)13-10-12(4-6-18-13)17-5-3-8-19-9-7-15-11-19/h4,6-7,9-11H,2-3,5,8H2,1H3,(H,16,20)(H,17,18). The van der Waals surface area contributed by atoms with Crippen LogP contribution in [0.25, 0.3) is 0 Å².